The summed E-state index contributed by atoms with van der Waals surface area (Å²) in [6.45, 7) is 0. The number of aromatic nitrogens is 2. The van der Waals surface area contributed by atoms with Crippen molar-refractivity contribution in [2.45, 2.75) is 49.8 Å². The monoisotopic (exact) mass is 515 g/mol. The van der Waals surface area contributed by atoms with Crippen LogP contribution in [0.25, 0.3) is 11.3 Å². The molecule has 0 N–H and O–H groups in total. The van der Waals surface area contributed by atoms with Crippen molar-refractivity contribution in [3.8, 4) is 11.3 Å². The highest BCUT2D eigenvalue weighted by molar-refractivity contribution is 8.04. The van der Waals surface area contributed by atoms with Crippen LogP contribution >= 0.6 is 11.8 Å². The molecule has 6 atom stereocenters. The molecule has 2 fully saturated rings. The summed E-state index contributed by atoms with van der Waals surface area (Å²) in [5.74, 6) is 3.27. The van der Waals surface area contributed by atoms with Gasteiger partial charge in [-0.25, -0.2) is 9.97 Å². The number of anilines is 1. The van der Waals surface area contributed by atoms with Crippen molar-refractivity contribution < 1.29 is 0 Å². The predicted molar refractivity (Wildman–Crippen MR) is 157 cm³/mol. The van der Waals surface area contributed by atoms with Crippen LogP contribution in [0.5, 0.6) is 0 Å². The highest BCUT2D eigenvalue weighted by Gasteiger charge is 2.46. The second-order valence-electron chi connectivity index (χ2n) is 11.5. The number of hydrogen-bond acceptors (Lipinski definition) is 4. The fraction of sp³-hybridized carbons (Fsp3) is 0.353. The molecule has 6 aliphatic rings. The Hall–Kier alpha value is -3.11. The molecule has 3 nitrogen and oxygen atoms in total. The molecule has 2 aromatic rings. The van der Waals surface area contributed by atoms with E-state index in [0.717, 1.165) is 23.6 Å². The van der Waals surface area contributed by atoms with Gasteiger partial charge in [0, 0.05) is 52.4 Å². The van der Waals surface area contributed by atoms with Crippen molar-refractivity contribution in [2.24, 2.45) is 23.7 Å². The third kappa shape index (κ3) is 3.64. The van der Waals surface area contributed by atoms with Gasteiger partial charge in [0.15, 0.2) is 0 Å². The van der Waals surface area contributed by atoms with Crippen molar-refractivity contribution in [2.75, 3.05) is 4.90 Å². The second-order valence-corrected chi connectivity index (χ2v) is 12.7. The highest BCUT2D eigenvalue weighted by Crippen LogP contribution is 2.56. The van der Waals surface area contributed by atoms with E-state index < -0.39 is 0 Å². The van der Waals surface area contributed by atoms with Crippen molar-refractivity contribution in [3.05, 3.63) is 113 Å². The van der Waals surface area contributed by atoms with Gasteiger partial charge in [-0.2, -0.15) is 0 Å². The van der Waals surface area contributed by atoms with Crippen LogP contribution in [0.4, 0.5) is 5.95 Å². The highest BCUT2D eigenvalue weighted by atomic mass is 32.2. The Morgan fingerprint density at radius 3 is 2.74 bits per heavy atom. The fourth-order valence-corrected chi connectivity index (χ4v) is 9.46. The molecule has 38 heavy (non-hydrogen) atoms. The molecule has 0 spiro atoms. The average Bonchev–Trinajstić information content (AvgIpc) is 3.53. The van der Waals surface area contributed by atoms with Gasteiger partial charge in [0.25, 0.3) is 0 Å². The molecule has 3 heterocycles. The molecule has 1 aromatic carbocycles. The third-order valence-corrected chi connectivity index (χ3v) is 11.0. The Morgan fingerprint density at radius 1 is 0.895 bits per heavy atom. The Morgan fingerprint density at radius 2 is 1.79 bits per heavy atom. The third-order valence-electron chi connectivity index (χ3n) is 9.51. The summed E-state index contributed by atoms with van der Waals surface area (Å²) in [5.41, 5.74) is 6.76. The van der Waals surface area contributed by atoms with Crippen molar-refractivity contribution >= 4 is 17.7 Å². The molecule has 190 valence electrons. The van der Waals surface area contributed by atoms with E-state index in [1.54, 1.807) is 16.1 Å². The van der Waals surface area contributed by atoms with Crippen molar-refractivity contribution in [3.63, 3.8) is 0 Å². The van der Waals surface area contributed by atoms with Gasteiger partial charge < -0.3 is 4.90 Å². The maximum Gasteiger partial charge on any atom is 0.230 e. The van der Waals surface area contributed by atoms with Crippen molar-refractivity contribution in [1.82, 2.24) is 9.97 Å². The van der Waals surface area contributed by atoms with Gasteiger partial charge in [0.2, 0.25) is 5.95 Å². The smallest absolute Gasteiger partial charge is 0.230 e. The van der Waals surface area contributed by atoms with E-state index in [-0.39, 0.29) is 0 Å². The van der Waals surface area contributed by atoms with E-state index in [1.807, 2.05) is 12.3 Å². The zero-order valence-electron chi connectivity index (χ0n) is 21.6. The van der Waals surface area contributed by atoms with Crippen LogP contribution in [-0.4, -0.2) is 21.3 Å². The summed E-state index contributed by atoms with van der Waals surface area (Å²) in [5, 5.41) is 0.607. The first-order chi connectivity index (χ1) is 18.8. The van der Waals surface area contributed by atoms with Gasteiger partial charge in [-0.15, -0.1) is 11.8 Å². The number of hydrogen-bond donors (Lipinski definition) is 0. The minimum atomic E-state index is 0.475. The molecule has 1 saturated heterocycles. The molecule has 4 aliphatic carbocycles. The van der Waals surface area contributed by atoms with Crippen LogP contribution in [0.1, 0.15) is 38.5 Å². The molecule has 1 aromatic heterocycles. The standard InChI is InChI=1S/C34H33N3S/c1-2-9-22(10-3-1)29-19-20-35-34(36-29)37-30-15-6-4-11-25(30)28-21-23(17-18-31(28)37)24-13-8-14-27-26-12-5-7-16-32(26)38-33(24)27/h1-3,5,7-10,12-13,16-20,23,25-27,30,32H,4,6,11,14-15,21H2. The van der Waals surface area contributed by atoms with E-state index in [0.29, 0.717) is 35.0 Å². The zero-order chi connectivity index (χ0) is 25.1. The zero-order valence-corrected chi connectivity index (χ0v) is 22.4. The molecule has 0 bridgehead atoms. The van der Waals surface area contributed by atoms with Crippen LogP contribution < -0.4 is 4.90 Å². The predicted octanol–water partition coefficient (Wildman–Crippen LogP) is 8.04. The largest absolute Gasteiger partial charge is 0.307 e. The fourth-order valence-electron chi connectivity index (χ4n) is 7.78. The summed E-state index contributed by atoms with van der Waals surface area (Å²) < 4.78 is 0. The van der Waals surface area contributed by atoms with E-state index in [2.05, 4.69) is 95.6 Å². The lowest BCUT2D eigenvalue weighted by atomic mass is 9.74. The lowest BCUT2D eigenvalue weighted by molar-refractivity contribution is 0.353. The first-order valence-electron chi connectivity index (χ1n) is 14.4. The van der Waals surface area contributed by atoms with Gasteiger partial charge in [-0.05, 0) is 53.9 Å². The Bertz CT molecular complexity index is 1450. The maximum absolute atomic E-state index is 5.11. The normalized spacial score (nSPS) is 32.9. The van der Waals surface area contributed by atoms with E-state index in [1.165, 1.54) is 37.8 Å². The van der Waals surface area contributed by atoms with Crippen LogP contribution in [0.3, 0.4) is 0 Å². The van der Waals surface area contributed by atoms with Crippen molar-refractivity contribution in [1.29, 1.82) is 0 Å². The molecule has 0 amide bonds. The summed E-state index contributed by atoms with van der Waals surface area (Å²) in [7, 11) is 0. The van der Waals surface area contributed by atoms with E-state index in [4.69, 9.17) is 9.97 Å². The molecular weight excluding hydrogens is 482 g/mol. The van der Waals surface area contributed by atoms with Crippen LogP contribution in [0, 0.1) is 23.7 Å². The molecule has 1 saturated carbocycles. The molecular formula is C34H33N3S. The first-order valence-corrected chi connectivity index (χ1v) is 15.2. The average molecular weight is 516 g/mol. The first kappa shape index (κ1) is 22.8. The van der Waals surface area contributed by atoms with Gasteiger partial charge in [-0.3, -0.25) is 0 Å². The number of allylic oxidation sites excluding steroid dienone is 9. The maximum atomic E-state index is 5.11. The minimum absolute atomic E-state index is 0.475. The van der Waals surface area contributed by atoms with Gasteiger partial charge in [-0.1, -0.05) is 85.7 Å². The number of benzene rings is 1. The number of fused-ring (bicyclic) bond motifs is 5. The number of nitrogens with zero attached hydrogens (tertiary/aromatic N) is 3. The van der Waals surface area contributed by atoms with Crippen LogP contribution in [-0.2, 0) is 0 Å². The topological polar surface area (TPSA) is 29.0 Å². The summed E-state index contributed by atoms with van der Waals surface area (Å²) in [6.07, 6.45) is 28.6. The Labute approximate surface area is 229 Å². The Balaban J connectivity index is 1.15. The van der Waals surface area contributed by atoms with E-state index in [9.17, 15) is 0 Å². The van der Waals surface area contributed by atoms with Gasteiger partial charge in [0.05, 0.1) is 5.69 Å². The molecule has 0 radical (unpaired) electrons. The lowest BCUT2D eigenvalue weighted by Crippen LogP contribution is -2.37. The number of thioether (sulfide) groups is 1. The molecule has 8 rings (SSSR count). The lowest BCUT2D eigenvalue weighted by Gasteiger charge is -2.33. The van der Waals surface area contributed by atoms with Crippen LogP contribution in [0.2, 0.25) is 0 Å². The van der Waals surface area contributed by atoms with Gasteiger partial charge >= 0.3 is 0 Å². The Kier molecular flexibility index (Phi) is 5.57. The van der Waals surface area contributed by atoms with Crippen LogP contribution in [0.15, 0.2) is 113 Å². The van der Waals surface area contributed by atoms with Gasteiger partial charge in [0.1, 0.15) is 0 Å². The molecule has 4 heteroatoms. The quantitative estimate of drug-likeness (QED) is 0.414. The molecule has 6 unspecified atom stereocenters. The second kappa shape index (κ2) is 9.27. The summed E-state index contributed by atoms with van der Waals surface area (Å²) in [6, 6.07) is 13.0. The summed E-state index contributed by atoms with van der Waals surface area (Å²) >= 11 is 2.14. The SMILES string of the molecule is C1=CC2SC3=C(C4C=CC5=C(C4)C4CCCCC4N5c4nccc(-c5ccccc5)n4)C=CCC3C2C=C1. The van der Waals surface area contributed by atoms with E-state index >= 15 is 0 Å². The molecule has 2 aliphatic heterocycles. The summed E-state index contributed by atoms with van der Waals surface area (Å²) in [4.78, 5) is 14.1. The number of rotatable bonds is 3. The minimum Gasteiger partial charge on any atom is -0.307 e.